The standard InChI is InChI=1S/C22H26ClN3O3/c1-26(14-20(27)25-19-6-4-3-5-18(19)23)21(28)13-24-22(15-7-8-15)16-9-11-17(29-2)12-10-16/h3-6,9-12,15,22,24H,7-8,13-14H2,1-2H3,(H,25,27). The van der Waals surface area contributed by atoms with Crippen LogP contribution in [0.2, 0.25) is 5.02 Å². The first-order chi connectivity index (χ1) is 14.0. The van der Waals surface area contributed by atoms with Gasteiger partial charge in [0.25, 0.3) is 0 Å². The van der Waals surface area contributed by atoms with Gasteiger partial charge in [-0.05, 0) is 48.6 Å². The van der Waals surface area contributed by atoms with Crippen molar-refractivity contribution >= 4 is 29.1 Å². The topological polar surface area (TPSA) is 70.7 Å². The van der Waals surface area contributed by atoms with E-state index >= 15 is 0 Å². The van der Waals surface area contributed by atoms with Gasteiger partial charge in [-0.15, -0.1) is 0 Å². The van der Waals surface area contributed by atoms with Gasteiger partial charge in [0.1, 0.15) is 5.75 Å². The van der Waals surface area contributed by atoms with Crippen LogP contribution in [-0.4, -0.2) is 44.0 Å². The first-order valence-corrected chi connectivity index (χ1v) is 10.0. The summed E-state index contributed by atoms with van der Waals surface area (Å²) < 4.78 is 5.21. The largest absolute Gasteiger partial charge is 0.497 e. The van der Waals surface area contributed by atoms with E-state index < -0.39 is 0 Å². The highest BCUT2D eigenvalue weighted by atomic mass is 35.5. The van der Waals surface area contributed by atoms with Crippen molar-refractivity contribution in [3.8, 4) is 5.75 Å². The molecule has 29 heavy (non-hydrogen) atoms. The number of halogens is 1. The fraction of sp³-hybridized carbons (Fsp3) is 0.364. The summed E-state index contributed by atoms with van der Waals surface area (Å²) in [5, 5.41) is 6.55. The van der Waals surface area contributed by atoms with Crippen molar-refractivity contribution in [3.05, 3.63) is 59.1 Å². The van der Waals surface area contributed by atoms with E-state index in [2.05, 4.69) is 10.6 Å². The SMILES string of the molecule is COc1ccc(C(NCC(=O)N(C)CC(=O)Nc2ccccc2Cl)C2CC2)cc1. The molecular weight excluding hydrogens is 390 g/mol. The fourth-order valence-electron chi connectivity index (χ4n) is 3.19. The molecule has 1 unspecified atom stereocenters. The van der Waals surface area contributed by atoms with Gasteiger partial charge in [0, 0.05) is 13.1 Å². The van der Waals surface area contributed by atoms with Crippen molar-refractivity contribution in [1.82, 2.24) is 10.2 Å². The third-order valence-corrected chi connectivity index (χ3v) is 5.33. The zero-order valence-corrected chi connectivity index (χ0v) is 17.4. The number of hydrogen-bond acceptors (Lipinski definition) is 4. The zero-order chi connectivity index (χ0) is 20.8. The third-order valence-electron chi connectivity index (χ3n) is 5.00. The molecule has 1 saturated carbocycles. The molecule has 6 nitrogen and oxygen atoms in total. The maximum atomic E-state index is 12.5. The minimum absolute atomic E-state index is 0.0393. The Morgan fingerprint density at radius 3 is 2.48 bits per heavy atom. The van der Waals surface area contributed by atoms with Crippen LogP contribution in [0.4, 0.5) is 5.69 Å². The highest BCUT2D eigenvalue weighted by Gasteiger charge is 2.32. The van der Waals surface area contributed by atoms with Crippen LogP contribution in [0.3, 0.4) is 0 Å². The highest BCUT2D eigenvalue weighted by molar-refractivity contribution is 6.33. The Morgan fingerprint density at radius 2 is 1.86 bits per heavy atom. The summed E-state index contributed by atoms with van der Waals surface area (Å²) >= 11 is 6.05. The number of hydrogen-bond donors (Lipinski definition) is 2. The number of ether oxygens (including phenoxy) is 1. The normalized spacial score (nSPS) is 14.2. The van der Waals surface area contributed by atoms with Gasteiger partial charge in [0.2, 0.25) is 11.8 Å². The van der Waals surface area contributed by atoms with E-state index in [1.807, 2.05) is 24.3 Å². The van der Waals surface area contributed by atoms with Gasteiger partial charge in [-0.3, -0.25) is 9.59 Å². The number of benzene rings is 2. The van der Waals surface area contributed by atoms with Crippen molar-refractivity contribution < 1.29 is 14.3 Å². The fourth-order valence-corrected chi connectivity index (χ4v) is 3.37. The summed E-state index contributed by atoms with van der Waals surface area (Å²) in [4.78, 5) is 26.2. The maximum Gasteiger partial charge on any atom is 0.244 e. The summed E-state index contributed by atoms with van der Waals surface area (Å²) in [5.74, 6) is 0.912. The average molecular weight is 416 g/mol. The summed E-state index contributed by atoms with van der Waals surface area (Å²) in [5.41, 5.74) is 1.67. The summed E-state index contributed by atoms with van der Waals surface area (Å²) in [7, 11) is 3.26. The number of anilines is 1. The molecule has 154 valence electrons. The maximum absolute atomic E-state index is 12.5. The molecule has 2 amide bonds. The Bertz CT molecular complexity index is 853. The lowest BCUT2D eigenvalue weighted by atomic mass is 10.0. The molecule has 0 aliphatic heterocycles. The Kier molecular flexibility index (Phi) is 7.12. The number of nitrogens with one attached hydrogen (secondary N) is 2. The Balaban J connectivity index is 1.51. The van der Waals surface area contributed by atoms with Crippen LogP contribution in [0.5, 0.6) is 5.75 Å². The number of methoxy groups -OCH3 is 1. The van der Waals surface area contributed by atoms with Gasteiger partial charge in [-0.2, -0.15) is 0 Å². The van der Waals surface area contributed by atoms with Crippen molar-refractivity contribution in [2.75, 3.05) is 32.6 Å². The summed E-state index contributed by atoms with van der Waals surface area (Å²) in [6, 6.07) is 15.0. The first-order valence-electron chi connectivity index (χ1n) is 9.63. The van der Waals surface area contributed by atoms with Crippen molar-refractivity contribution in [2.45, 2.75) is 18.9 Å². The second kappa shape index (κ2) is 9.76. The molecule has 0 aromatic heterocycles. The predicted molar refractivity (Wildman–Crippen MR) is 114 cm³/mol. The molecule has 1 atom stereocenters. The molecule has 1 fully saturated rings. The number of nitrogens with zero attached hydrogens (tertiary/aromatic N) is 1. The van der Waals surface area contributed by atoms with E-state index in [4.69, 9.17) is 16.3 Å². The number of carbonyl (C=O) groups is 2. The Hall–Kier alpha value is -2.57. The van der Waals surface area contributed by atoms with Crippen LogP contribution in [0.25, 0.3) is 0 Å². The van der Waals surface area contributed by atoms with E-state index in [0.29, 0.717) is 16.6 Å². The van der Waals surface area contributed by atoms with Gasteiger partial charge in [0.05, 0.1) is 30.9 Å². The third kappa shape index (κ3) is 5.95. The average Bonchev–Trinajstić information content (AvgIpc) is 3.55. The number of carbonyl (C=O) groups excluding carboxylic acids is 2. The van der Waals surface area contributed by atoms with Crippen molar-refractivity contribution in [3.63, 3.8) is 0 Å². The molecule has 0 saturated heterocycles. The Morgan fingerprint density at radius 1 is 1.17 bits per heavy atom. The van der Waals surface area contributed by atoms with Crippen LogP contribution < -0.4 is 15.4 Å². The first kappa shape index (κ1) is 21.1. The highest BCUT2D eigenvalue weighted by Crippen LogP contribution is 2.41. The van der Waals surface area contributed by atoms with E-state index in [1.54, 1.807) is 38.4 Å². The van der Waals surface area contributed by atoms with Crippen LogP contribution in [0, 0.1) is 5.92 Å². The van der Waals surface area contributed by atoms with E-state index in [0.717, 1.165) is 24.2 Å². The van der Waals surface area contributed by atoms with Crippen LogP contribution >= 0.6 is 11.6 Å². The van der Waals surface area contributed by atoms with E-state index in [1.165, 1.54) is 4.90 Å². The number of para-hydroxylation sites is 1. The predicted octanol–water partition coefficient (Wildman–Crippen LogP) is 3.49. The monoisotopic (exact) mass is 415 g/mol. The van der Waals surface area contributed by atoms with Crippen molar-refractivity contribution in [1.29, 1.82) is 0 Å². The zero-order valence-electron chi connectivity index (χ0n) is 16.7. The molecule has 1 aliphatic carbocycles. The summed E-state index contributed by atoms with van der Waals surface area (Å²) in [6.45, 7) is 0.130. The molecule has 2 N–H and O–H groups in total. The molecule has 1 aliphatic rings. The lowest BCUT2D eigenvalue weighted by Crippen LogP contribution is -2.41. The van der Waals surface area contributed by atoms with Crippen molar-refractivity contribution in [2.24, 2.45) is 5.92 Å². The molecule has 2 aromatic rings. The van der Waals surface area contributed by atoms with Crippen LogP contribution in [0.1, 0.15) is 24.4 Å². The number of amides is 2. The second-order valence-corrected chi connectivity index (χ2v) is 7.65. The van der Waals surface area contributed by atoms with Crippen LogP contribution in [-0.2, 0) is 9.59 Å². The quantitative estimate of drug-likeness (QED) is 0.657. The van der Waals surface area contributed by atoms with Gasteiger partial charge in [-0.1, -0.05) is 35.9 Å². The van der Waals surface area contributed by atoms with Gasteiger partial charge < -0.3 is 20.3 Å². The molecule has 0 spiro atoms. The molecule has 0 heterocycles. The van der Waals surface area contributed by atoms with E-state index in [9.17, 15) is 9.59 Å². The van der Waals surface area contributed by atoms with E-state index in [-0.39, 0.29) is 30.9 Å². The lowest BCUT2D eigenvalue weighted by Gasteiger charge is -2.22. The van der Waals surface area contributed by atoms with Crippen LogP contribution in [0.15, 0.2) is 48.5 Å². The summed E-state index contributed by atoms with van der Waals surface area (Å²) in [6.07, 6.45) is 2.29. The van der Waals surface area contributed by atoms with Gasteiger partial charge >= 0.3 is 0 Å². The molecule has 3 rings (SSSR count). The number of rotatable bonds is 9. The Labute approximate surface area is 176 Å². The molecule has 7 heteroatoms. The minimum Gasteiger partial charge on any atom is -0.497 e. The second-order valence-electron chi connectivity index (χ2n) is 7.25. The number of likely N-dealkylation sites (N-methyl/N-ethyl adjacent to an activating group) is 1. The molecule has 0 radical (unpaired) electrons. The smallest absolute Gasteiger partial charge is 0.244 e. The van der Waals surface area contributed by atoms with Gasteiger partial charge in [-0.25, -0.2) is 0 Å². The molecule has 0 bridgehead atoms. The molecular formula is C22H26ClN3O3. The molecule has 2 aromatic carbocycles. The minimum atomic E-state index is -0.289. The lowest BCUT2D eigenvalue weighted by molar-refractivity contribution is -0.132. The van der Waals surface area contributed by atoms with Gasteiger partial charge in [0.15, 0.2) is 0 Å².